The average Bonchev–Trinajstić information content (AvgIpc) is 2.80. The Kier molecular flexibility index (Phi) is 1.79. The van der Waals surface area contributed by atoms with Gasteiger partial charge in [-0.2, -0.15) is 4.98 Å². The summed E-state index contributed by atoms with van der Waals surface area (Å²) in [6.07, 6.45) is 4.06. The predicted octanol–water partition coefficient (Wildman–Crippen LogP) is 2.48. The van der Waals surface area contributed by atoms with E-state index in [9.17, 15) is 0 Å². The number of aromatic amines is 1. The Labute approximate surface area is 99.4 Å². The molecule has 2 saturated carbocycles. The predicted molar refractivity (Wildman–Crippen MR) is 64.0 cm³/mol. The highest BCUT2D eigenvalue weighted by Gasteiger charge is 2.47. The third-order valence-corrected chi connectivity index (χ3v) is 4.18. The van der Waals surface area contributed by atoms with Gasteiger partial charge in [0, 0.05) is 12.0 Å². The van der Waals surface area contributed by atoms with Crippen LogP contribution >= 0.6 is 0 Å². The second kappa shape index (κ2) is 3.22. The maximum atomic E-state index is 5.12. The molecule has 0 saturated heterocycles. The molecule has 2 aromatic rings. The molecule has 4 rings (SSSR count). The molecule has 2 unspecified atom stereocenters. The van der Waals surface area contributed by atoms with Crippen molar-refractivity contribution in [2.45, 2.75) is 25.2 Å². The molecule has 0 radical (unpaired) electrons. The molecule has 1 N–H and O–H groups in total. The molecule has 0 aromatic carbocycles. The number of hydrogen-bond donors (Lipinski definition) is 1. The number of rotatable bonds is 2. The van der Waals surface area contributed by atoms with Crippen LogP contribution in [0.4, 0.5) is 0 Å². The summed E-state index contributed by atoms with van der Waals surface area (Å²) in [5.74, 6) is 4.34. The van der Waals surface area contributed by atoms with Gasteiger partial charge < -0.3 is 9.72 Å². The first-order chi connectivity index (χ1) is 8.33. The minimum Gasteiger partial charge on any atom is -0.481 e. The number of nitrogens with zero attached hydrogens (tertiary/aromatic N) is 2. The van der Waals surface area contributed by atoms with Crippen LogP contribution < -0.4 is 4.74 Å². The zero-order valence-electron chi connectivity index (χ0n) is 9.81. The van der Waals surface area contributed by atoms with Crippen molar-refractivity contribution in [1.82, 2.24) is 15.0 Å². The zero-order valence-corrected chi connectivity index (χ0v) is 9.81. The number of H-pyrrole nitrogens is 1. The van der Waals surface area contributed by atoms with E-state index in [1.807, 2.05) is 12.1 Å². The second-order valence-corrected chi connectivity index (χ2v) is 5.27. The molecule has 4 nitrogen and oxygen atoms in total. The normalized spacial score (nSPS) is 30.5. The van der Waals surface area contributed by atoms with Gasteiger partial charge in [0.2, 0.25) is 5.88 Å². The minimum absolute atomic E-state index is 0.624. The molecule has 2 heterocycles. The number of methoxy groups -OCH3 is 1. The second-order valence-electron chi connectivity index (χ2n) is 5.27. The zero-order chi connectivity index (χ0) is 11.4. The fourth-order valence-corrected chi connectivity index (χ4v) is 3.14. The maximum Gasteiger partial charge on any atom is 0.215 e. The van der Waals surface area contributed by atoms with Crippen LogP contribution in [0.1, 0.15) is 31.0 Å². The number of ether oxygens (including phenoxy) is 1. The van der Waals surface area contributed by atoms with Gasteiger partial charge in [0.1, 0.15) is 5.82 Å². The van der Waals surface area contributed by atoms with Gasteiger partial charge in [0.15, 0.2) is 5.65 Å². The molecule has 2 atom stereocenters. The molecule has 0 aliphatic heterocycles. The Bertz CT molecular complexity index is 567. The smallest absolute Gasteiger partial charge is 0.215 e. The average molecular weight is 229 g/mol. The molecule has 17 heavy (non-hydrogen) atoms. The highest BCUT2D eigenvalue weighted by atomic mass is 16.5. The maximum absolute atomic E-state index is 5.12. The number of imidazole rings is 1. The third kappa shape index (κ3) is 1.43. The van der Waals surface area contributed by atoms with Crippen LogP contribution in [0, 0.1) is 11.8 Å². The molecule has 0 bridgehead atoms. The largest absolute Gasteiger partial charge is 0.481 e. The quantitative estimate of drug-likeness (QED) is 0.860. The number of pyridine rings is 1. The first-order valence-electron chi connectivity index (χ1n) is 6.24. The summed E-state index contributed by atoms with van der Waals surface area (Å²) in [6.45, 7) is 0. The van der Waals surface area contributed by atoms with Gasteiger partial charge in [0.25, 0.3) is 0 Å². The van der Waals surface area contributed by atoms with Crippen molar-refractivity contribution in [3.05, 3.63) is 18.0 Å². The summed E-state index contributed by atoms with van der Waals surface area (Å²) in [5, 5.41) is 0. The van der Waals surface area contributed by atoms with Crippen LogP contribution in [0.25, 0.3) is 11.2 Å². The van der Waals surface area contributed by atoms with E-state index < -0.39 is 0 Å². The van der Waals surface area contributed by atoms with Crippen molar-refractivity contribution < 1.29 is 4.74 Å². The van der Waals surface area contributed by atoms with Crippen molar-refractivity contribution in [2.75, 3.05) is 7.11 Å². The third-order valence-electron chi connectivity index (χ3n) is 4.18. The highest BCUT2D eigenvalue weighted by molar-refractivity contribution is 5.71. The van der Waals surface area contributed by atoms with Crippen LogP contribution in [-0.2, 0) is 0 Å². The number of nitrogens with one attached hydrogen (secondary N) is 1. The fourth-order valence-electron chi connectivity index (χ4n) is 3.14. The van der Waals surface area contributed by atoms with Crippen molar-refractivity contribution in [3.8, 4) is 5.88 Å². The van der Waals surface area contributed by atoms with Crippen molar-refractivity contribution >= 4 is 11.2 Å². The van der Waals surface area contributed by atoms with E-state index in [1.54, 1.807) is 7.11 Å². The van der Waals surface area contributed by atoms with E-state index in [1.165, 1.54) is 19.3 Å². The Balaban J connectivity index is 1.71. The molecule has 2 aliphatic carbocycles. The molecule has 0 spiro atoms. The van der Waals surface area contributed by atoms with Crippen LogP contribution in [0.3, 0.4) is 0 Å². The van der Waals surface area contributed by atoms with Crippen molar-refractivity contribution in [2.24, 2.45) is 11.8 Å². The Morgan fingerprint density at radius 3 is 2.76 bits per heavy atom. The number of fused-ring (bicyclic) bond motifs is 2. The molecular weight excluding hydrogens is 214 g/mol. The van der Waals surface area contributed by atoms with Crippen molar-refractivity contribution in [3.63, 3.8) is 0 Å². The molecule has 2 aliphatic rings. The Morgan fingerprint density at radius 2 is 2.00 bits per heavy atom. The summed E-state index contributed by atoms with van der Waals surface area (Å²) >= 11 is 0. The van der Waals surface area contributed by atoms with Gasteiger partial charge in [-0.15, -0.1) is 0 Å². The Morgan fingerprint density at radius 1 is 1.18 bits per heavy atom. The van der Waals surface area contributed by atoms with E-state index in [4.69, 9.17) is 4.74 Å². The fraction of sp³-hybridized carbons (Fsp3) is 0.538. The molecule has 4 heteroatoms. The summed E-state index contributed by atoms with van der Waals surface area (Å²) in [4.78, 5) is 12.4. The van der Waals surface area contributed by atoms with Crippen LogP contribution in [0.5, 0.6) is 5.88 Å². The topological polar surface area (TPSA) is 50.8 Å². The van der Waals surface area contributed by atoms with Gasteiger partial charge in [-0.1, -0.05) is 0 Å². The molecule has 2 aromatic heterocycles. The summed E-state index contributed by atoms with van der Waals surface area (Å²) in [7, 11) is 1.63. The standard InChI is InChI=1S/C13H15N3O/c1-17-11-3-2-10-13(15-11)16-12(14-10)9-5-7-4-8(7)6-9/h2-3,7-9H,4-6H2,1H3,(H,14,15,16). The van der Waals surface area contributed by atoms with Crippen LogP contribution in [0.15, 0.2) is 12.1 Å². The SMILES string of the molecule is COc1ccc2[nH]c(C3CC4CC4C3)nc2n1. The van der Waals surface area contributed by atoms with E-state index in [2.05, 4.69) is 15.0 Å². The van der Waals surface area contributed by atoms with E-state index >= 15 is 0 Å². The van der Waals surface area contributed by atoms with Crippen LogP contribution in [0.2, 0.25) is 0 Å². The van der Waals surface area contributed by atoms with E-state index in [0.29, 0.717) is 11.8 Å². The van der Waals surface area contributed by atoms with Gasteiger partial charge in [-0.05, 0) is 37.2 Å². The van der Waals surface area contributed by atoms with Crippen molar-refractivity contribution in [1.29, 1.82) is 0 Å². The van der Waals surface area contributed by atoms with E-state index in [0.717, 1.165) is 28.8 Å². The lowest BCUT2D eigenvalue weighted by Gasteiger charge is -2.06. The Hall–Kier alpha value is -1.58. The molecule has 0 amide bonds. The molecular formula is C13H15N3O. The van der Waals surface area contributed by atoms with Gasteiger partial charge in [-0.25, -0.2) is 4.98 Å². The highest BCUT2D eigenvalue weighted by Crippen LogP contribution is 2.57. The first kappa shape index (κ1) is 9.45. The lowest BCUT2D eigenvalue weighted by atomic mass is 10.0. The number of aromatic nitrogens is 3. The van der Waals surface area contributed by atoms with Gasteiger partial charge in [0.05, 0.1) is 12.6 Å². The molecule has 2 fully saturated rings. The lowest BCUT2D eigenvalue weighted by Crippen LogP contribution is -1.97. The summed E-state index contributed by atoms with van der Waals surface area (Å²) in [5.41, 5.74) is 1.79. The van der Waals surface area contributed by atoms with Gasteiger partial charge >= 0.3 is 0 Å². The number of hydrogen-bond acceptors (Lipinski definition) is 3. The monoisotopic (exact) mass is 229 g/mol. The minimum atomic E-state index is 0.624. The molecule has 88 valence electrons. The summed E-state index contributed by atoms with van der Waals surface area (Å²) in [6, 6.07) is 3.86. The first-order valence-corrected chi connectivity index (χ1v) is 6.24. The van der Waals surface area contributed by atoms with Gasteiger partial charge in [-0.3, -0.25) is 0 Å². The summed E-state index contributed by atoms with van der Waals surface area (Å²) < 4.78 is 5.12. The lowest BCUT2D eigenvalue weighted by molar-refractivity contribution is 0.399. The van der Waals surface area contributed by atoms with E-state index in [-0.39, 0.29) is 0 Å². The van der Waals surface area contributed by atoms with Crippen LogP contribution in [-0.4, -0.2) is 22.1 Å².